The van der Waals surface area contributed by atoms with Gasteiger partial charge in [0.25, 0.3) is 0 Å². The van der Waals surface area contributed by atoms with Gasteiger partial charge in [0.2, 0.25) is 0 Å². The summed E-state index contributed by atoms with van der Waals surface area (Å²) >= 11 is 6.17. The first kappa shape index (κ1) is 12.6. The summed E-state index contributed by atoms with van der Waals surface area (Å²) in [6, 6.07) is 0. The minimum atomic E-state index is 0.522. The van der Waals surface area contributed by atoms with E-state index in [1.165, 1.54) is 25.7 Å². The Morgan fingerprint density at radius 3 is 2.41 bits per heavy atom. The van der Waals surface area contributed by atoms with Crippen molar-refractivity contribution in [2.45, 2.75) is 39.5 Å². The van der Waals surface area contributed by atoms with E-state index in [1.54, 1.807) is 0 Å². The summed E-state index contributed by atoms with van der Waals surface area (Å²) in [7, 11) is 2.06. The maximum Gasteiger partial charge on any atom is 0.171 e. The van der Waals surface area contributed by atoms with Crippen LogP contribution >= 0.6 is 11.6 Å². The summed E-state index contributed by atoms with van der Waals surface area (Å²) in [4.78, 5) is 11.0. The number of hydrogen-bond donors (Lipinski definition) is 0. The van der Waals surface area contributed by atoms with Crippen LogP contribution in [0.5, 0.6) is 0 Å². The van der Waals surface area contributed by atoms with Crippen molar-refractivity contribution in [3.63, 3.8) is 0 Å². The Hall–Kier alpha value is -0.830. The topological polar surface area (TPSA) is 29.0 Å². The number of nitrogens with zero attached hydrogens (tertiary/aromatic N) is 3. The second kappa shape index (κ2) is 5.21. The van der Waals surface area contributed by atoms with E-state index >= 15 is 0 Å². The fraction of sp³-hybridized carbons (Fsp3) is 0.692. The van der Waals surface area contributed by atoms with Crippen molar-refractivity contribution >= 4 is 17.4 Å². The van der Waals surface area contributed by atoms with Crippen LogP contribution in [0.25, 0.3) is 0 Å². The zero-order valence-corrected chi connectivity index (χ0v) is 11.6. The Bertz CT molecular complexity index is 400. The number of rotatable bonds is 3. The van der Waals surface area contributed by atoms with Gasteiger partial charge in [-0.2, -0.15) is 0 Å². The SMILES string of the molecule is Cc1nc(Cl)c(N(C)CC2CCCC2)nc1C. The van der Waals surface area contributed by atoms with Crippen LogP contribution in [0.3, 0.4) is 0 Å². The van der Waals surface area contributed by atoms with Gasteiger partial charge in [-0.1, -0.05) is 24.4 Å². The molecule has 0 aliphatic heterocycles. The Labute approximate surface area is 108 Å². The van der Waals surface area contributed by atoms with Crippen LogP contribution in [0.4, 0.5) is 5.82 Å². The lowest BCUT2D eigenvalue weighted by molar-refractivity contribution is 0.544. The van der Waals surface area contributed by atoms with Gasteiger partial charge >= 0.3 is 0 Å². The lowest BCUT2D eigenvalue weighted by atomic mass is 10.1. The van der Waals surface area contributed by atoms with Gasteiger partial charge in [-0.3, -0.25) is 0 Å². The summed E-state index contributed by atoms with van der Waals surface area (Å²) in [5, 5.41) is 0.522. The molecule has 17 heavy (non-hydrogen) atoms. The summed E-state index contributed by atoms with van der Waals surface area (Å²) < 4.78 is 0. The molecular weight excluding hydrogens is 234 g/mol. The van der Waals surface area contributed by atoms with Crippen molar-refractivity contribution in [2.75, 3.05) is 18.5 Å². The van der Waals surface area contributed by atoms with Gasteiger partial charge in [0, 0.05) is 13.6 Å². The molecule has 1 aromatic rings. The van der Waals surface area contributed by atoms with Crippen LogP contribution in [-0.4, -0.2) is 23.6 Å². The van der Waals surface area contributed by atoms with Crippen LogP contribution in [0.2, 0.25) is 5.15 Å². The molecule has 0 spiro atoms. The molecule has 0 N–H and O–H groups in total. The number of aryl methyl sites for hydroxylation is 2. The predicted octanol–water partition coefficient (Wildman–Crippen LogP) is 3.37. The summed E-state index contributed by atoms with van der Waals surface area (Å²) in [5.41, 5.74) is 1.87. The molecule has 3 nitrogen and oxygen atoms in total. The molecule has 0 unspecified atom stereocenters. The fourth-order valence-corrected chi connectivity index (χ4v) is 2.79. The average molecular weight is 254 g/mol. The second-order valence-electron chi connectivity index (χ2n) is 5.04. The summed E-state index contributed by atoms with van der Waals surface area (Å²) in [6.07, 6.45) is 5.40. The highest BCUT2D eigenvalue weighted by Gasteiger charge is 2.19. The highest BCUT2D eigenvalue weighted by Crippen LogP contribution is 2.28. The van der Waals surface area contributed by atoms with E-state index in [0.29, 0.717) is 5.15 Å². The van der Waals surface area contributed by atoms with E-state index in [2.05, 4.69) is 21.9 Å². The quantitative estimate of drug-likeness (QED) is 0.827. The van der Waals surface area contributed by atoms with Crippen molar-refractivity contribution in [3.8, 4) is 0 Å². The number of anilines is 1. The molecule has 0 radical (unpaired) electrons. The first-order chi connectivity index (χ1) is 8.08. The number of halogens is 1. The fourth-order valence-electron chi connectivity index (χ4n) is 2.47. The minimum Gasteiger partial charge on any atom is -0.357 e. The Morgan fingerprint density at radius 1 is 1.18 bits per heavy atom. The molecule has 1 aromatic heterocycles. The van der Waals surface area contributed by atoms with Crippen molar-refractivity contribution in [1.82, 2.24) is 9.97 Å². The number of hydrogen-bond acceptors (Lipinski definition) is 3. The third-order valence-electron chi connectivity index (χ3n) is 3.62. The van der Waals surface area contributed by atoms with Crippen molar-refractivity contribution in [3.05, 3.63) is 16.5 Å². The Balaban J connectivity index is 2.12. The largest absolute Gasteiger partial charge is 0.357 e. The zero-order chi connectivity index (χ0) is 12.4. The lowest BCUT2D eigenvalue weighted by Gasteiger charge is -2.23. The molecule has 0 amide bonds. The van der Waals surface area contributed by atoms with Gasteiger partial charge < -0.3 is 4.90 Å². The first-order valence-corrected chi connectivity index (χ1v) is 6.67. The van der Waals surface area contributed by atoms with Gasteiger partial charge in [-0.05, 0) is 32.6 Å². The normalized spacial score (nSPS) is 16.5. The third kappa shape index (κ3) is 2.89. The van der Waals surface area contributed by atoms with Crippen molar-refractivity contribution < 1.29 is 0 Å². The zero-order valence-electron chi connectivity index (χ0n) is 10.8. The lowest BCUT2D eigenvalue weighted by Crippen LogP contribution is -2.25. The molecule has 1 aliphatic carbocycles. The molecule has 0 saturated heterocycles. The predicted molar refractivity (Wildman–Crippen MR) is 71.7 cm³/mol. The van der Waals surface area contributed by atoms with Crippen LogP contribution in [-0.2, 0) is 0 Å². The summed E-state index contributed by atoms with van der Waals surface area (Å²) in [5.74, 6) is 1.61. The van der Waals surface area contributed by atoms with Crippen molar-refractivity contribution in [2.24, 2.45) is 5.92 Å². The van der Waals surface area contributed by atoms with Gasteiger partial charge in [0.05, 0.1) is 11.4 Å². The van der Waals surface area contributed by atoms with E-state index < -0.39 is 0 Å². The number of aromatic nitrogens is 2. The third-order valence-corrected chi connectivity index (χ3v) is 3.87. The smallest absolute Gasteiger partial charge is 0.171 e. The van der Waals surface area contributed by atoms with E-state index in [-0.39, 0.29) is 0 Å². The minimum absolute atomic E-state index is 0.522. The van der Waals surface area contributed by atoms with Crippen LogP contribution in [0.15, 0.2) is 0 Å². The van der Waals surface area contributed by atoms with E-state index in [1.807, 2.05) is 13.8 Å². The van der Waals surface area contributed by atoms with Crippen LogP contribution < -0.4 is 4.90 Å². The second-order valence-corrected chi connectivity index (χ2v) is 5.40. The van der Waals surface area contributed by atoms with Crippen LogP contribution in [0.1, 0.15) is 37.1 Å². The molecule has 2 rings (SSSR count). The Kier molecular flexibility index (Phi) is 3.87. The monoisotopic (exact) mass is 253 g/mol. The molecule has 0 atom stereocenters. The maximum atomic E-state index is 6.17. The van der Waals surface area contributed by atoms with Crippen molar-refractivity contribution in [1.29, 1.82) is 0 Å². The van der Waals surface area contributed by atoms with Gasteiger partial charge in [0.15, 0.2) is 11.0 Å². The average Bonchev–Trinajstić information content (AvgIpc) is 2.76. The Morgan fingerprint density at radius 2 is 1.76 bits per heavy atom. The molecule has 0 aromatic carbocycles. The maximum absolute atomic E-state index is 6.17. The molecule has 1 saturated carbocycles. The van der Waals surface area contributed by atoms with E-state index in [4.69, 9.17) is 11.6 Å². The molecule has 0 bridgehead atoms. The van der Waals surface area contributed by atoms with E-state index in [0.717, 1.165) is 29.7 Å². The highest BCUT2D eigenvalue weighted by molar-refractivity contribution is 6.31. The standard InChI is InChI=1S/C13H20ClN3/c1-9-10(2)16-13(12(14)15-9)17(3)8-11-6-4-5-7-11/h11H,4-8H2,1-3H3. The van der Waals surface area contributed by atoms with Gasteiger partial charge in [-0.25, -0.2) is 9.97 Å². The summed E-state index contributed by atoms with van der Waals surface area (Å²) in [6.45, 7) is 4.96. The molecule has 1 aliphatic rings. The molecule has 1 heterocycles. The van der Waals surface area contributed by atoms with E-state index in [9.17, 15) is 0 Å². The molecule has 4 heteroatoms. The molecular formula is C13H20ClN3. The highest BCUT2D eigenvalue weighted by atomic mass is 35.5. The molecule has 94 valence electrons. The van der Waals surface area contributed by atoms with Crippen LogP contribution in [0, 0.1) is 19.8 Å². The first-order valence-electron chi connectivity index (χ1n) is 6.30. The molecule has 1 fully saturated rings. The van der Waals surface area contributed by atoms with Gasteiger partial charge in [-0.15, -0.1) is 0 Å². The van der Waals surface area contributed by atoms with Gasteiger partial charge in [0.1, 0.15) is 0 Å².